The van der Waals surface area contributed by atoms with Crippen LogP contribution >= 0.6 is 0 Å². The van der Waals surface area contributed by atoms with Crippen LogP contribution in [-0.2, 0) is 28.4 Å². The van der Waals surface area contributed by atoms with Crippen molar-refractivity contribution in [1.82, 2.24) is 0 Å². The van der Waals surface area contributed by atoms with Gasteiger partial charge in [-0.1, -0.05) is 12.7 Å². The van der Waals surface area contributed by atoms with Gasteiger partial charge in [0.1, 0.15) is 31.2 Å². The lowest BCUT2D eigenvalue weighted by Gasteiger charge is -2.42. The standard InChI is InChI=1S/C17H28O6/c1-8-12-14(23-17(5,6)21-12)15(19-10-18-7)13-11(2)9-20-16(3,4)22-13/h8,12-15H,1-2,9-10H2,3-7H3/t12-,13+,14+,15+/m1/s1. The molecule has 6 heteroatoms. The smallest absolute Gasteiger partial charge is 0.164 e. The maximum Gasteiger partial charge on any atom is 0.164 e. The molecule has 0 aliphatic carbocycles. The van der Waals surface area contributed by atoms with Gasteiger partial charge in [-0.15, -0.1) is 6.58 Å². The van der Waals surface area contributed by atoms with E-state index in [4.69, 9.17) is 28.4 Å². The molecule has 2 aliphatic rings. The fourth-order valence-electron chi connectivity index (χ4n) is 2.83. The maximum absolute atomic E-state index is 6.05. The SMILES string of the molecule is C=C[C@H]1OC(C)(C)O[C@@H]1[C@@H](OCOC)[C@H]1OC(C)(C)OCC1=C. The van der Waals surface area contributed by atoms with Gasteiger partial charge >= 0.3 is 0 Å². The van der Waals surface area contributed by atoms with Gasteiger partial charge in [-0.2, -0.15) is 0 Å². The van der Waals surface area contributed by atoms with E-state index in [1.54, 1.807) is 13.2 Å². The van der Waals surface area contributed by atoms with Gasteiger partial charge in [0.2, 0.25) is 0 Å². The number of ether oxygens (including phenoxy) is 6. The first-order valence-corrected chi connectivity index (χ1v) is 7.77. The molecular formula is C17H28O6. The predicted molar refractivity (Wildman–Crippen MR) is 84.8 cm³/mol. The van der Waals surface area contributed by atoms with Crippen molar-refractivity contribution in [3.63, 3.8) is 0 Å². The van der Waals surface area contributed by atoms with E-state index < -0.39 is 17.7 Å². The molecular weight excluding hydrogens is 300 g/mol. The largest absolute Gasteiger partial charge is 0.359 e. The zero-order chi connectivity index (χ0) is 17.3. The summed E-state index contributed by atoms with van der Waals surface area (Å²) in [6.07, 6.45) is 0.187. The van der Waals surface area contributed by atoms with Crippen LogP contribution in [0.15, 0.2) is 24.8 Å². The van der Waals surface area contributed by atoms with E-state index in [9.17, 15) is 0 Å². The summed E-state index contributed by atoms with van der Waals surface area (Å²) in [5.74, 6) is -1.45. The molecule has 2 fully saturated rings. The van der Waals surface area contributed by atoms with Gasteiger partial charge in [-0.3, -0.25) is 0 Å². The molecule has 0 bridgehead atoms. The molecule has 0 spiro atoms. The predicted octanol–water partition coefficient (Wildman–Crippen LogP) is 2.39. The molecule has 6 nitrogen and oxygen atoms in total. The number of rotatable bonds is 6. The molecule has 4 atom stereocenters. The summed E-state index contributed by atoms with van der Waals surface area (Å²) >= 11 is 0. The van der Waals surface area contributed by atoms with E-state index >= 15 is 0 Å². The third-order valence-electron chi connectivity index (χ3n) is 3.81. The van der Waals surface area contributed by atoms with E-state index in [-0.39, 0.29) is 25.1 Å². The lowest BCUT2D eigenvalue weighted by molar-refractivity contribution is -0.285. The first-order valence-electron chi connectivity index (χ1n) is 7.77. The van der Waals surface area contributed by atoms with Crippen molar-refractivity contribution in [2.24, 2.45) is 0 Å². The van der Waals surface area contributed by atoms with Crippen LogP contribution in [-0.4, -0.2) is 56.5 Å². The van der Waals surface area contributed by atoms with Crippen LogP contribution < -0.4 is 0 Å². The molecule has 2 heterocycles. The lowest BCUT2D eigenvalue weighted by atomic mass is 9.96. The van der Waals surface area contributed by atoms with Gasteiger partial charge in [0.15, 0.2) is 11.6 Å². The topological polar surface area (TPSA) is 55.4 Å². The zero-order valence-electron chi connectivity index (χ0n) is 14.7. The second-order valence-electron chi connectivity index (χ2n) is 6.72. The molecule has 2 aliphatic heterocycles. The van der Waals surface area contributed by atoms with E-state index in [2.05, 4.69) is 13.2 Å². The third-order valence-corrected chi connectivity index (χ3v) is 3.81. The summed E-state index contributed by atoms with van der Waals surface area (Å²) in [5, 5.41) is 0. The monoisotopic (exact) mass is 328 g/mol. The van der Waals surface area contributed by atoms with Gasteiger partial charge in [0, 0.05) is 7.11 Å². The van der Waals surface area contributed by atoms with Crippen molar-refractivity contribution in [2.45, 2.75) is 63.7 Å². The Morgan fingerprint density at radius 2 is 1.91 bits per heavy atom. The van der Waals surface area contributed by atoms with Gasteiger partial charge in [0.05, 0.1) is 6.61 Å². The van der Waals surface area contributed by atoms with Crippen molar-refractivity contribution in [3.8, 4) is 0 Å². The van der Waals surface area contributed by atoms with Crippen molar-refractivity contribution >= 4 is 0 Å². The Bertz CT molecular complexity index is 444. The first-order chi connectivity index (χ1) is 10.7. The van der Waals surface area contributed by atoms with Gasteiger partial charge in [-0.05, 0) is 33.3 Å². The minimum atomic E-state index is -0.723. The van der Waals surface area contributed by atoms with Crippen LogP contribution in [0.4, 0.5) is 0 Å². The quantitative estimate of drug-likeness (QED) is 0.551. The Balaban J connectivity index is 2.25. The molecule has 0 aromatic carbocycles. The Hall–Kier alpha value is -0.760. The highest BCUT2D eigenvalue weighted by Gasteiger charge is 2.49. The molecule has 2 saturated heterocycles. The van der Waals surface area contributed by atoms with Crippen LogP contribution in [0, 0.1) is 0 Å². The maximum atomic E-state index is 6.05. The minimum absolute atomic E-state index is 0.114. The number of methoxy groups -OCH3 is 1. The molecule has 0 saturated carbocycles. The summed E-state index contributed by atoms with van der Waals surface area (Å²) in [7, 11) is 1.57. The summed E-state index contributed by atoms with van der Waals surface area (Å²) in [6.45, 7) is 15.9. The highest BCUT2D eigenvalue weighted by molar-refractivity contribution is 5.13. The molecule has 0 amide bonds. The van der Waals surface area contributed by atoms with Crippen molar-refractivity contribution < 1.29 is 28.4 Å². The van der Waals surface area contributed by atoms with Crippen LogP contribution in [0.5, 0.6) is 0 Å². The van der Waals surface area contributed by atoms with Crippen LogP contribution in [0.2, 0.25) is 0 Å². The zero-order valence-corrected chi connectivity index (χ0v) is 14.7. The molecule has 2 rings (SSSR count). The van der Waals surface area contributed by atoms with E-state index in [1.807, 2.05) is 27.7 Å². The lowest BCUT2D eigenvalue weighted by Crippen LogP contribution is -2.53. The molecule has 0 aromatic rings. The van der Waals surface area contributed by atoms with Gasteiger partial charge < -0.3 is 28.4 Å². The molecule has 0 unspecified atom stereocenters. The van der Waals surface area contributed by atoms with Gasteiger partial charge in [0.25, 0.3) is 0 Å². The van der Waals surface area contributed by atoms with Crippen molar-refractivity contribution in [2.75, 3.05) is 20.5 Å². The molecule has 0 aromatic heterocycles. The average Bonchev–Trinajstić information content (AvgIpc) is 2.78. The third kappa shape index (κ3) is 4.41. The van der Waals surface area contributed by atoms with Crippen LogP contribution in [0.25, 0.3) is 0 Å². The summed E-state index contributed by atoms with van der Waals surface area (Å²) in [5.41, 5.74) is 0.793. The normalized spacial score (nSPS) is 34.3. The number of hydrogen-bond donors (Lipinski definition) is 0. The highest BCUT2D eigenvalue weighted by atomic mass is 16.8. The minimum Gasteiger partial charge on any atom is -0.359 e. The molecule has 132 valence electrons. The molecule has 0 radical (unpaired) electrons. The summed E-state index contributed by atoms with van der Waals surface area (Å²) in [6, 6.07) is 0. The fraction of sp³-hybridized carbons (Fsp3) is 0.765. The Labute approximate surface area is 138 Å². The summed E-state index contributed by atoms with van der Waals surface area (Å²) in [4.78, 5) is 0. The van der Waals surface area contributed by atoms with Gasteiger partial charge in [-0.25, -0.2) is 0 Å². The van der Waals surface area contributed by atoms with Crippen molar-refractivity contribution in [1.29, 1.82) is 0 Å². The van der Waals surface area contributed by atoms with E-state index in [0.717, 1.165) is 5.57 Å². The van der Waals surface area contributed by atoms with Crippen molar-refractivity contribution in [3.05, 3.63) is 24.8 Å². The second kappa shape index (κ2) is 7.01. The second-order valence-corrected chi connectivity index (χ2v) is 6.72. The Kier molecular flexibility index (Phi) is 5.66. The average molecular weight is 328 g/mol. The first kappa shape index (κ1) is 18.6. The van der Waals surface area contributed by atoms with E-state index in [1.165, 1.54) is 0 Å². The molecule has 23 heavy (non-hydrogen) atoms. The summed E-state index contributed by atoms with van der Waals surface area (Å²) < 4.78 is 34.5. The molecule has 0 N–H and O–H groups in total. The van der Waals surface area contributed by atoms with Crippen LogP contribution in [0.3, 0.4) is 0 Å². The Morgan fingerprint density at radius 1 is 1.22 bits per heavy atom. The Morgan fingerprint density at radius 3 is 2.52 bits per heavy atom. The fourth-order valence-corrected chi connectivity index (χ4v) is 2.83. The van der Waals surface area contributed by atoms with Crippen LogP contribution in [0.1, 0.15) is 27.7 Å². The highest BCUT2D eigenvalue weighted by Crippen LogP contribution is 2.36. The van der Waals surface area contributed by atoms with E-state index in [0.29, 0.717) is 6.61 Å². The number of hydrogen-bond acceptors (Lipinski definition) is 6.